The summed E-state index contributed by atoms with van der Waals surface area (Å²) in [6.07, 6.45) is 2.61. The fourth-order valence-corrected chi connectivity index (χ4v) is 1.04. The highest BCUT2D eigenvalue weighted by Crippen LogP contribution is 2.08. The molecule has 0 amide bonds. The first-order valence-electron chi connectivity index (χ1n) is 4.29. The molecule has 0 aromatic carbocycles. The third-order valence-electron chi connectivity index (χ3n) is 1.95. The molecule has 4 heteroatoms. The van der Waals surface area contributed by atoms with Crippen molar-refractivity contribution in [3.63, 3.8) is 0 Å². The fourth-order valence-electron chi connectivity index (χ4n) is 1.04. The van der Waals surface area contributed by atoms with E-state index in [0.717, 1.165) is 13.0 Å². The van der Waals surface area contributed by atoms with Gasteiger partial charge < -0.3 is 14.6 Å². The predicted molar refractivity (Wildman–Crippen MR) is 46.6 cm³/mol. The minimum absolute atomic E-state index is 0.137. The lowest BCUT2D eigenvalue weighted by Crippen LogP contribution is -2.12. The minimum Gasteiger partial charge on any atom is -0.478 e. The average Bonchev–Trinajstić information content (AvgIpc) is 2.56. The molecular weight excluding hydrogens is 172 g/mol. The molecule has 1 fully saturated rings. The molecule has 1 heterocycles. The van der Waals surface area contributed by atoms with E-state index < -0.39 is 5.97 Å². The SMILES string of the molecule is CC(=CCOC1CCOC1)C(=O)O. The van der Waals surface area contributed by atoms with Crippen molar-refractivity contribution in [3.8, 4) is 0 Å². The van der Waals surface area contributed by atoms with E-state index in [9.17, 15) is 4.79 Å². The summed E-state index contributed by atoms with van der Waals surface area (Å²) < 4.78 is 10.5. The van der Waals surface area contributed by atoms with Gasteiger partial charge in [0.15, 0.2) is 0 Å². The van der Waals surface area contributed by atoms with E-state index in [1.54, 1.807) is 13.0 Å². The first-order chi connectivity index (χ1) is 6.20. The molecule has 1 N–H and O–H groups in total. The van der Waals surface area contributed by atoms with E-state index in [4.69, 9.17) is 14.6 Å². The van der Waals surface area contributed by atoms with Crippen LogP contribution in [0.4, 0.5) is 0 Å². The Hall–Kier alpha value is -0.870. The van der Waals surface area contributed by atoms with Crippen LogP contribution in [0.15, 0.2) is 11.6 Å². The Bertz CT molecular complexity index is 204. The van der Waals surface area contributed by atoms with Gasteiger partial charge in [0.1, 0.15) is 0 Å². The summed E-state index contributed by atoms with van der Waals surface area (Å²) in [7, 11) is 0. The van der Waals surface area contributed by atoms with Gasteiger partial charge in [-0.15, -0.1) is 0 Å². The van der Waals surface area contributed by atoms with E-state index in [1.807, 2.05) is 0 Å². The fraction of sp³-hybridized carbons (Fsp3) is 0.667. The van der Waals surface area contributed by atoms with Gasteiger partial charge in [-0.05, 0) is 19.4 Å². The molecule has 1 aliphatic rings. The molecule has 0 aromatic rings. The molecule has 0 aromatic heterocycles. The van der Waals surface area contributed by atoms with E-state index in [1.165, 1.54) is 0 Å². The lowest BCUT2D eigenvalue weighted by Gasteiger charge is -2.06. The smallest absolute Gasteiger partial charge is 0.331 e. The monoisotopic (exact) mass is 186 g/mol. The molecule has 0 bridgehead atoms. The van der Waals surface area contributed by atoms with Crippen molar-refractivity contribution in [2.45, 2.75) is 19.4 Å². The van der Waals surface area contributed by atoms with Crippen LogP contribution in [0.5, 0.6) is 0 Å². The number of ether oxygens (including phenoxy) is 2. The number of aliphatic carboxylic acids is 1. The van der Waals surface area contributed by atoms with Crippen molar-refractivity contribution in [1.29, 1.82) is 0 Å². The van der Waals surface area contributed by atoms with Gasteiger partial charge in [0.2, 0.25) is 0 Å². The lowest BCUT2D eigenvalue weighted by molar-refractivity contribution is -0.132. The van der Waals surface area contributed by atoms with Gasteiger partial charge in [-0.2, -0.15) is 0 Å². The van der Waals surface area contributed by atoms with E-state index in [0.29, 0.717) is 18.8 Å². The van der Waals surface area contributed by atoms with E-state index >= 15 is 0 Å². The second-order valence-corrected chi connectivity index (χ2v) is 3.01. The van der Waals surface area contributed by atoms with Crippen LogP contribution in [-0.2, 0) is 14.3 Å². The molecule has 0 aliphatic carbocycles. The second kappa shape index (κ2) is 4.99. The molecule has 0 spiro atoms. The van der Waals surface area contributed by atoms with Crippen LogP contribution >= 0.6 is 0 Å². The molecule has 1 saturated heterocycles. The molecule has 0 radical (unpaired) electrons. The summed E-state index contributed by atoms with van der Waals surface area (Å²) in [5.41, 5.74) is 0.318. The highest BCUT2D eigenvalue weighted by Gasteiger charge is 2.15. The topological polar surface area (TPSA) is 55.8 Å². The molecule has 74 valence electrons. The highest BCUT2D eigenvalue weighted by molar-refractivity contribution is 5.85. The van der Waals surface area contributed by atoms with E-state index in [2.05, 4.69) is 0 Å². The van der Waals surface area contributed by atoms with Crippen LogP contribution in [-0.4, -0.2) is 37.0 Å². The van der Waals surface area contributed by atoms with Crippen molar-refractivity contribution in [2.75, 3.05) is 19.8 Å². The molecular formula is C9H14O4. The normalized spacial score (nSPS) is 23.5. The third-order valence-corrected chi connectivity index (χ3v) is 1.95. The van der Waals surface area contributed by atoms with Crippen LogP contribution in [0.3, 0.4) is 0 Å². The standard InChI is InChI=1S/C9H14O4/c1-7(9(10)11)2-5-13-8-3-4-12-6-8/h2,8H,3-6H2,1H3,(H,10,11). The number of rotatable bonds is 4. The van der Waals surface area contributed by atoms with Crippen LogP contribution in [0, 0.1) is 0 Å². The van der Waals surface area contributed by atoms with Gasteiger partial charge in [-0.1, -0.05) is 0 Å². The van der Waals surface area contributed by atoms with Gasteiger partial charge in [-0.3, -0.25) is 0 Å². The van der Waals surface area contributed by atoms with Crippen molar-refractivity contribution < 1.29 is 19.4 Å². The molecule has 1 atom stereocenters. The van der Waals surface area contributed by atoms with Crippen LogP contribution in [0.25, 0.3) is 0 Å². The molecule has 13 heavy (non-hydrogen) atoms. The molecule has 4 nitrogen and oxygen atoms in total. The average molecular weight is 186 g/mol. The quantitative estimate of drug-likeness (QED) is 0.660. The van der Waals surface area contributed by atoms with E-state index in [-0.39, 0.29) is 6.10 Å². The number of carboxylic acids is 1. The van der Waals surface area contributed by atoms with Gasteiger partial charge in [-0.25, -0.2) is 4.79 Å². The number of carboxylic acid groups (broad SMARTS) is 1. The van der Waals surface area contributed by atoms with Gasteiger partial charge in [0.25, 0.3) is 0 Å². The van der Waals surface area contributed by atoms with Gasteiger partial charge >= 0.3 is 5.97 Å². The van der Waals surface area contributed by atoms with Crippen LogP contribution in [0.2, 0.25) is 0 Å². The Balaban J connectivity index is 2.18. The van der Waals surface area contributed by atoms with Crippen molar-refractivity contribution in [3.05, 3.63) is 11.6 Å². The van der Waals surface area contributed by atoms with Crippen LogP contribution in [0.1, 0.15) is 13.3 Å². The number of hydrogen-bond acceptors (Lipinski definition) is 3. The van der Waals surface area contributed by atoms with Gasteiger partial charge in [0.05, 0.1) is 19.3 Å². The second-order valence-electron chi connectivity index (χ2n) is 3.01. The van der Waals surface area contributed by atoms with Gasteiger partial charge in [0, 0.05) is 12.2 Å². The summed E-state index contributed by atoms with van der Waals surface area (Å²) >= 11 is 0. The summed E-state index contributed by atoms with van der Waals surface area (Å²) in [5.74, 6) is -0.897. The molecule has 1 unspecified atom stereocenters. The van der Waals surface area contributed by atoms with Crippen molar-refractivity contribution in [2.24, 2.45) is 0 Å². The van der Waals surface area contributed by atoms with Crippen molar-refractivity contribution >= 4 is 5.97 Å². The zero-order valence-corrected chi connectivity index (χ0v) is 7.66. The molecule has 1 rings (SSSR count). The Morgan fingerprint density at radius 1 is 1.77 bits per heavy atom. The summed E-state index contributed by atoms with van der Waals surface area (Å²) in [4.78, 5) is 10.4. The Morgan fingerprint density at radius 3 is 3.08 bits per heavy atom. The Morgan fingerprint density at radius 2 is 2.54 bits per heavy atom. The minimum atomic E-state index is -0.897. The summed E-state index contributed by atoms with van der Waals surface area (Å²) in [6.45, 7) is 3.27. The zero-order valence-electron chi connectivity index (χ0n) is 7.66. The van der Waals surface area contributed by atoms with Crippen molar-refractivity contribution in [1.82, 2.24) is 0 Å². The largest absolute Gasteiger partial charge is 0.478 e. The lowest BCUT2D eigenvalue weighted by atomic mass is 10.3. The van der Waals surface area contributed by atoms with Crippen LogP contribution < -0.4 is 0 Å². The Kier molecular flexibility index (Phi) is 3.92. The molecule has 0 saturated carbocycles. The predicted octanol–water partition coefficient (Wildman–Crippen LogP) is 0.823. The summed E-state index contributed by atoms with van der Waals surface area (Å²) in [6, 6.07) is 0. The number of carbonyl (C=O) groups is 1. The highest BCUT2D eigenvalue weighted by atomic mass is 16.5. The first kappa shape index (κ1) is 10.2. The Labute approximate surface area is 77.1 Å². The first-order valence-corrected chi connectivity index (χ1v) is 4.29. The molecule has 1 aliphatic heterocycles. The maximum atomic E-state index is 10.4. The summed E-state index contributed by atoms with van der Waals surface area (Å²) in [5, 5.41) is 8.53. The maximum absolute atomic E-state index is 10.4. The number of hydrogen-bond donors (Lipinski definition) is 1. The maximum Gasteiger partial charge on any atom is 0.331 e. The third kappa shape index (κ3) is 3.57. The zero-order chi connectivity index (χ0) is 9.68.